The van der Waals surface area contributed by atoms with Crippen LogP contribution in [0.25, 0.3) is 0 Å². The summed E-state index contributed by atoms with van der Waals surface area (Å²) in [4.78, 5) is 26.4. The van der Waals surface area contributed by atoms with Crippen molar-refractivity contribution in [3.63, 3.8) is 0 Å². The summed E-state index contributed by atoms with van der Waals surface area (Å²) < 4.78 is 11.1. The van der Waals surface area contributed by atoms with Gasteiger partial charge >= 0.3 is 0 Å². The average Bonchev–Trinajstić information content (AvgIpc) is 3.15. The fraction of sp³-hybridized carbons (Fsp3) is 0.391. The van der Waals surface area contributed by atoms with Crippen molar-refractivity contribution in [2.45, 2.75) is 45.1 Å². The second-order valence-corrected chi connectivity index (χ2v) is 7.81. The normalized spacial score (nSPS) is 17.2. The molecular formula is C23H25NO4. The molecular weight excluding hydrogens is 354 g/mol. The Labute approximate surface area is 165 Å². The van der Waals surface area contributed by atoms with E-state index in [9.17, 15) is 9.59 Å². The van der Waals surface area contributed by atoms with Crippen molar-refractivity contribution in [3.8, 4) is 11.5 Å². The van der Waals surface area contributed by atoms with Crippen molar-refractivity contribution in [1.29, 1.82) is 0 Å². The minimum Gasteiger partial charge on any atom is -0.486 e. The first-order valence-corrected chi connectivity index (χ1v) is 9.82. The van der Waals surface area contributed by atoms with Gasteiger partial charge in [0.25, 0.3) is 5.91 Å². The summed E-state index contributed by atoms with van der Waals surface area (Å²) in [6.07, 6.45) is 3.18. The minimum atomic E-state index is -0.843. The van der Waals surface area contributed by atoms with Gasteiger partial charge in [-0.15, -0.1) is 0 Å². The van der Waals surface area contributed by atoms with Crippen LogP contribution in [-0.4, -0.2) is 30.4 Å². The van der Waals surface area contributed by atoms with Gasteiger partial charge in [-0.3, -0.25) is 9.59 Å². The smallest absolute Gasteiger partial charge is 0.252 e. The lowest BCUT2D eigenvalue weighted by Gasteiger charge is -2.29. The maximum absolute atomic E-state index is 13.4. The Morgan fingerprint density at radius 2 is 1.50 bits per heavy atom. The summed E-state index contributed by atoms with van der Waals surface area (Å²) in [5, 5.41) is 3.07. The number of carbonyl (C=O) groups excluding carboxylic acids is 2. The van der Waals surface area contributed by atoms with Crippen LogP contribution in [0.5, 0.6) is 11.5 Å². The fourth-order valence-corrected chi connectivity index (χ4v) is 4.24. The summed E-state index contributed by atoms with van der Waals surface area (Å²) in [7, 11) is 0. The molecule has 2 aromatic rings. The molecule has 1 aliphatic heterocycles. The van der Waals surface area contributed by atoms with E-state index in [0.29, 0.717) is 48.7 Å². The number of carbonyl (C=O) groups is 2. The lowest BCUT2D eigenvalue weighted by atomic mass is 9.86. The highest BCUT2D eigenvalue weighted by atomic mass is 16.6. The molecule has 1 N–H and O–H groups in total. The van der Waals surface area contributed by atoms with Crippen LogP contribution in [0.15, 0.2) is 36.4 Å². The van der Waals surface area contributed by atoms with Crippen molar-refractivity contribution in [1.82, 2.24) is 5.32 Å². The molecule has 0 aromatic heterocycles. The molecule has 5 heteroatoms. The number of nitrogens with one attached hydrogen (secondary N) is 1. The Bertz CT molecular complexity index is 908. The van der Waals surface area contributed by atoms with E-state index >= 15 is 0 Å². The van der Waals surface area contributed by atoms with Gasteiger partial charge in [0.05, 0.1) is 0 Å². The molecule has 0 spiro atoms. The van der Waals surface area contributed by atoms with E-state index in [-0.39, 0.29) is 11.7 Å². The van der Waals surface area contributed by atoms with Gasteiger partial charge in [0.15, 0.2) is 17.3 Å². The first-order chi connectivity index (χ1) is 13.5. The number of hydrogen-bond acceptors (Lipinski definition) is 4. The SMILES string of the molecule is Cc1cc(C)cc(C(=O)C2(NC(=O)c3ccc4c(c3)OCCO4)CCCC2)c1. The standard InChI is InChI=1S/C23H25NO4/c1-15-11-16(2)13-18(12-15)21(25)23(7-3-4-8-23)24-22(26)17-5-6-19-20(14-17)28-10-9-27-19/h5-6,11-14H,3-4,7-10H2,1-2H3,(H,24,26). The zero-order valence-corrected chi connectivity index (χ0v) is 16.3. The number of Topliss-reactive ketones (excluding diaryl/α,β-unsaturated/α-hetero) is 1. The molecule has 146 valence electrons. The van der Waals surface area contributed by atoms with E-state index in [1.54, 1.807) is 18.2 Å². The largest absolute Gasteiger partial charge is 0.486 e. The van der Waals surface area contributed by atoms with Gasteiger partial charge in [0, 0.05) is 11.1 Å². The first kappa shape index (κ1) is 18.5. The molecule has 1 aliphatic carbocycles. The van der Waals surface area contributed by atoms with Crippen LogP contribution in [-0.2, 0) is 0 Å². The topological polar surface area (TPSA) is 64.6 Å². The molecule has 0 radical (unpaired) electrons. The van der Waals surface area contributed by atoms with Gasteiger partial charge in [0.1, 0.15) is 18.8 Å². The quantitative estimate of drug-likeness (QED) is 0.816. The van der Waals surface area contributed by atoms with Crippen molar-refractivity contribution in [3.05, 3.63) is 58.7 Å². The molecule has 28 heavy (non-hydrogen) atoms. The number of benzene rings is 2. The third-order valence-electron chi connectivity index (χ3n) is 5.53. The van der Waals surface area contributed by atoms with Gasteiger partial charge in [-0.1, -0.05) is 30.0 Å². The molecule has 1 heterocycles. The predicted molar refractivity (Wildman–Crippen MR) is 106 cm³/mol. The Hall–Kier alpha value is -2.82. The highest BCUT2D eigenvalue weighted by Crippen LogP contribution is 2.35. The van der Waals surface area contributed by atoms with Crippen LogP contribution in [0.4, 0.5) is 0 Å². The Morgan fingerprint density at radius 1 is 0.857 bits per heavy atom. The predicted octanol–water partition coefficient (Wildman–Crippen LogP) is 4.00. The number of ether oxygens (including phenoxy) is 2. The van der Waals surface area contributed by atoms with Crippen LogP contribution in [0.1, 0.15) is 57.5 Å². The molecule has 1 saturated carbocycles. The number of ketones is 1. The molecule has 1 amide bonds. The van der Waals surface area contributed by atoms with Gasteiger partial charge in [-0.05, 0) is 57.0 Å². The van der Waals surface area contributed by atoms with Crippen molar-refractivity contribution < 1.29 is 19.1 Å². The van der Waals surface area contributed by atoms with Gasteiger partial charge in [-0.25, -0.2) is 0 Å². The zero-order chi connectivity index (χ0) is 19.7. The lowest BCUT2D eigenvalue weighted by molar-refractivity contribution is 0.0769. The number of rotatable bonds is 4. The van der Waals surface area contributed by atoms with Gasteiger partial charge < -0.3 is 14.8 Å². The van der Waals surface area contributed by atoms with Crippen LogP contribution in [0.2, 0.25) is 0 Å². The van der Waals surface area contributed by atoms with Gasteiger partial charge in [0.2, 0.25) is 0 Å². The van der Waals surface area contributed by atoms with Crippen molar-refractivity contribution in [2.75, 3.05) is 13.2 Å². The number of fused-ring (bicyclic) bond motifs is 1. The summed E-state index contributed by atoms with van der Waals surface area (Å²) in [6.45, 7) is 4.94. The summed E-state index contributed by atoms with van der Waals surface area (Å²) in [6, 6.07) is 11.0. The minimum absolute atomic E-state index is 0.00249. The Balaban J connectivity index is 1.61. The molecule has 0 bridgehead atoms. The number of amides is 1. The molecule has 1 fully saturated rings. The van der Waals surface area contributed by atoms with Gasteiger partial charge in [-0.2, -0.15) is 0 Å². The average molecular weight is 379 g/mol. The monoisotopic (exact) mass is 379 g/mol. The lowest BCUT2D eigenvalue weighted by Crippen LogP contribution is -2.52. The van der Waals surface area contributed by atoms with Crippen molar-refractivity contribution >= 4 is 11.7 Å². The molecule has 4 rings (SSSR count). The van der Waals surface area contributed by atoms with Crippen LogP contribution < -0.4 is 14.8 Å². The maximum atomic E-state index is 13.4. The van der Waals surface area contributed by atoms with E-state index in [1.807, 2.05) is 32.0 Å². The summed E-state index contributed by atoms with van der Waals surface area (Å²) in [5.41, 5.74) is 2.40. The number of hydrogen-bond donors (Lipinski definition) is 1. The fourth-order valence-electron chi connectivity index (χ4n) is 4.24. The highest BCUT2D eigenvalue weighted by molar-refractivity contribution is 6.07. The highest BCUT2D eigenvalue weighted by Gasteiger charge is 2.43. The molecule has 2 aromatic carbocycles. The molecule has 5 nitrogen and oxygen atoms in total. The number of aryl methyl sites for hydroxylation is 2. The maximum Gasteiger partial charge on any atom is 0.252 e. The second-order valence-electron chi connectivity index (χ2n) is 7.81. The second kappa shape index (κ2) is 7.30. The Kier molecular flexibility index (Phi) is 4.84. The molecule has 0 atom stereocenters. The molecule has 0 unspecified atom stereocenters. The molecule has 2 aliphatic rings. The van der Waals surface area contributed by atoms with E-state index in [0.717, 1.165) is 24.0 Å². The summed E-state index contributed by atoms with van der Waals surface area (Å²) in [5.74, 6) is 0.962. The van der Waals surface area contributed by atoms with Crippen molar-refractivity contribution in [2.24, 2.45) is 0 Å². The Morgan fingerprint density at radius 3 is 2.18 bits per heavy atom. The van der Waals surface area contributed by atoms with E-state index < -0.39 is 5.54 Å². The summed E-state index contributed by atoms with van der Waals surface area (Å²) >= 11 is 0. The van der Waals surface area contributed by atoms with Crippen LogP contribution in [0.3, 0.4) is 0 Å². The molecule has 0 saturated heterocycles. The first-order valence-electron chi connectivity index (χ1n) is 9.82. The zero-order valence-electron chi connectivity index (χ0n) is 16.3. The van der Waals surface area contributed by atoms with E-state index in [2.05, 4.69) is 5.32 Å². The van der Waals surface area contributed by atoms with Crippen LogP contribution in [0, 0.1) is 13.8 Å². The van der Waals surface area contributed by atoms with E-state index in [4.69, 9.17) is 9.47 Å². The third kappa shape index (κ3) is 3.49. The third-order valence-corrected chi connectivity index (χ3v) is 5.53. The van der Waals surface area contributed by atoms with Crippen LogP contribution >= 0.6 is 0 Å². The van der Waals surface area contributed by atoms with E-state index in [1.165, 1.54) is 0 Å².